The van der Waals surface area contributed by atoms with E-state index in [9.17, 15) is 4.79 Å². The van der Waals surface area contributed by atoms with Crippen LogP contribution < -0.4 is 0 Å². The van der Waals surface area contributed by atoms with E-state index in [0.29, 0.717) is 6.61 Å². The molecular weight excluding hydrogens is 176 g/mol. The second-order valence-corrected chi connectivity index (χ2v) is 5.55. The van der Waals surface area contributed by atoms with Gasteiger partial charge >= 0.3 is 5.97 Å². The first-order chi connectivity index (χ1) is 5.13. The number of ether oxygens (including phenoxy) is 1. The number of esters is 1. The van der Waals surface area contributed by atoms with Gasteiger partial charge in [0.2, 0.25) is 0 Å². The lowest BCUT2D eigenvalue weighted by atomic mass is 9.99. The Balaban J connectivity index is 3.90. The lowest BCUT2D eigenvalue weighted by Crippen LogP contribution is -2.30. The van der Waals surface area contributed by atoms with Crippen molar-refractivity contribution in [2.24, 2.45) is 5.41 Å². The van der Waals surface area contributed by atoms with Gasteiger partial charge in [0, 0.05) is 0 Å². The monoisotopic (exact) mass is 192 g/mol. The molecule has 0 aliphatic carbocycles. The maximum Gasteiger partial charge on any atom is 0.326 e. The van der Waals surface area contributed by atoms with E-state index in [1.165, 1.54) is 0 Å². The third kappa shape index (κ3) is 5.42. The van der Waals surface area contributed by atoms with E-state index in [4.69, 9.17) is 16.3 Å². The highest BCUT2D eigenvalue weighted by Gasteiger charge is 2.27. The molecule has 0 fully saturated rings. The Bertz CT molecular complexity index is 162. The minimum atomic E-state index is -0.911. The molecule has 2 nitrogen and oxygen atoms in total. The normalized spacial score (nSPS) is 12.8. The number of hydrogen-bond donors (Lipinski definition) is 0. The molecule has 0 atom stereocenters. The zero-order valence-corrected chi connectivity index (χ0v) is 9.16. The van der Waals surface area contributed by atoms with Crippen LogP contribution in [0.1, 0.15) is 34.6 Å². The minimum Gasteiger partial charge on any atom is -0.464 e. The fraction of sp³-hybridized carbons (Fsp3) is 0.889. The predicted molar refractivity (Wildman–Crippen MR) is 50.3 cm³/mol. The van der Waals surface area contributed by atoms with Crippen molar-refractivity contribution in [3.05, 3.63) is 0 Å². The molecule has 0 spiro atoms. The Kier molecular flexibility index (Phi) is 3.58. The van der Waals surface area contributed by atoms with Crippen LogP contribution in [0.4, 0.5) is 0 Å². The molecule has 0 aromatic carbocycles. The Morgan fingerprint density at radius 2 is 1.67 bits per heavy atom. The first-order valence-corrected chi connectivity index (χ1v) is 4.37. The molecule has 0 heterocycles. The van der Waals surface area contributed by atoms with Gasteiger partial charge in [0.1, 0.15) is 4.87 Å². The van der Waals surface area contributed by atoms with Crippen LogP contribution in [-0.4, -0.2) is 17.5 Å². The summed E-state index contributed by atoms with van der Waals surface area (Å²) in [7, 11) is 0. The van der Waals surface area contributed by atoms with Crippen molar-refractivity contribution in [2.75, 3.05) is 6.61 Å². The molecule has 0 rings (SSSR count). The molecule has 0 saturated carbocycles. The predicted octanol–water partition coefficient (Wildman–Crippen LogP) is 2.59. The summed E-state index contributed by atoms with van der Waals surface area (Å²) in [5.41, 5.74) is -0.00218. The lowest BCUT2D eigenvalue weighted by molar-refractivity contribution is -0.148. The number of halogens is 1. The summed E-state index contributed by atoms with van der Waals surface area (Å²) < 4.78 is 5.00. The molecule has 0 radical (unpaired) electrons. The molecular formula is C9H17ClO2. The summed E-state index contributed by atoms with van der Waals surface area (Å²) in [5.74, 6) is -0.362. The summed E-state index contributed by atoms with van der Waals surface area (Å²) in [6.07, 6.45) is 0. The first kappa shape index (κ1) is 11.8. The molecule has 0 bridgehead atoms. The molecule has 0 amide bonds. The summed E-state index contributed by atoms with van der Waals surface area (Å²) in [4.78, 5) is 10.2. The number of carbonyl (C=O) groups excluding carboxylic acids is 1. The van der Waals surface area contributed by atoms with Crippen LogP contribution in [-0.2, 0) is 9.53 Å². The van der Waals surface area contributed by atoms with E-state index in [-0.39, 0.29) is 11.4 Å². The van der Waals surface area contributed by atoms with Crippen molar-refractivity contribution in [1.82, 2.24) is 0 Å². The second-order valence-electron chi connectivity index (χ2n) is 4.61. The number of carbonyl (C=O) groups is 1. The van der Waals surface area contributed by atoms with Crippen molar-refractivity contribution < 1.29 is 9.53 Å². The van der Waals surface area contributed by atoms with Crippen LogP contribution in [0.15, 0.2) is 0 Å². The Morgan fingerprint density at radius 3 is 1.92 bits per heavy atom. The fourth-order valence-electron chi connectivity index (χ4n) is 0.454. The van der Waals surface area contributed by atoms with Gasteiger partial charge < -0.3 is 4.74 Å². The van der Waals surface area contributed by atoms with Crippen molar-refractivity contribution in [3.63, 3.8) is 0 Å². The van der Waals surface area contributed by atoms with Gasteiger partial charge in [-0.1, -0.05) is 20.8 Å². The van der Waals surface area contributed by atoms with Crippen LogP contribution in [0, 0.1) is 5.41 Å². The fourth-order valence-corrected chi connectivity index (χ4v) is 0.508. The van der Waals surface area contributed by atoms with E-state index in [1.54, 1.807) is 13.8 Å². The molecule has 3 heteroatoms. The number of rotatable bonds is 2. The Morgan fingerprint density at radius 1 is 1.25 bits per heavy atom. The van der Waals surface area contributed by atoms with Gasteiger partial charge in [0.25, 0.3) is 0 Å². The van der Waals surface area contributed by atoms with Gasteiger partial charge in [-0.05, 0) is 19.3 Å². The average molecular weight is 193 g/mol. The van der Waals surface area contributed by atoms with Gasteiger partial charge in [-0.3, -0.25) is 4.79 Å². The van der Waals surface area contributed by atoms with Crippen LogP contribution in [0.25, 0.3) is 0 Å². The zero-order valence-electron chi connectivity index (χ0n) is 8.40. The number of alkyl halides is 1. The topological polar surface area (TPSA) is 26.3 Å². The summed E-state index contributed by atoms with van der Waals surface area (Å²) in [6, 6.07) is 0. The Labute approximate surface area is 79.2 Å². The molecule has 0 N–H and O–H groups in total. The van der Waals surface area contributed by atoms with Crippen LogP contribution >= 0.6 is 11.6 Å². The largest absolute Gasteiger partial charge is 0.464 e. The molecule has 0 aromatic rings. The maximum atomic E-state index is 11.2. The summed E-state index contributed by atoms with van der Waals surface area (Å²) in [5, 5.41) is 0. The van der Waals surface area contributed by atoms with E-state index < -0.39 is 4.87 Å². The standard InChI is InChI=1S/C9H17ClO2/c1-8(2,3)6-12-7(11)9(4,5)10/h6H2,1-5H3. The quantitative estimate of drug-likeness (QED) is 0.497. The Hall–Kier alpha value is -0.240. The molecule has 0 saturated heterocycles. The van der Waals surface area contributed by atoms with Crippen molar-refractivity contribution in [3.8, 4) is 0 Å². The average Bonchev–Trinajstić information content (AvgIpc) is 1.78. The SMILES string of the molecule is CC(C)(C)COC(=O)C(C)(C)Cl. The molecule has 0 aliphatic heterocycles. The second kappa shape index (κ2) is 3.65. The van der Waals surface area contributed by atoms with Gasteiger partial charge in [-0.25, -0.2) is 0 Å². The summed E-state index contributed by atoms with van der Waals surface area (Å²) in [6.45, 7) is 9.66. The lowest BCUT2D eigenvalue weighted by Gasteiger charge is -2.21. The van der Waals surface area contributed by atoms with Crippen LogP contribution in [0.5, 0.6) is 0 Å². The minimum absolute atomic E-state index is 0.00218. The van der Waals surface area contributed by atoms with E-state index in [1.807, 2.05) is 20.8 Å². The van der Waals surface area contributed by atoms with Gasteiger partial charge in [0.15, 0.2) is 0 Å². The smallest absolute Gasteiger partial charge is 0.326 e. The number of hydrogen-bond acceptors (Lipinski definition) is 2. The van der Waals surface area contributed by atoms with Gasteiger partial charge in [0.05, 0.1) is 6.61 Å². The van der Waals surface area contributed by atoms with Crippen molar-refractivity contribution in [2.45, 2.75) is 39.5 Å². The molecule has 0 aromatic heterocycles. The molecule has 0 unspecified atom stereocenters. The van der Waals surface area contributed by atoms with E-state index >= 15 is 0 Å². The zero-order chi connectivity index (χ0) is 9.99. The van der Waals surface area contributed by atoms with Crippen LogP contribution in [0.2, 0.25) is 0 Å². The third-order valence-electron chi connectivity index (χ3n) is 1.12. The molecule has 72 valence electrons. The highest BCUT2D eigenvalue weighted by Crippen LogP contribution is 2.18. The third-order valence-corrected chi connectivity index (χ3v) is 1.28. The van der Waals surface area contributed by atoms with E-state index in [0.717, 1.165) is 0 Å². The molecule has 0 aliphatic rings. The summed E-state index contributed by atoms with van der Waals surface area (Å²) >= 11 is 5.74. The van der Waals surface area contributed by atoms with Crippen molar-refractivity contribution in [1.29, 1.82) is 0 Å². The van der Waals surface area contributed by atoms with Gasteiger partial charge in [-0.2, -0.15) is 0 Å². The van der Waals surface area contributed by atoms with E-state index in [2.05, 4.69) is 0 Å². The van der Waals surface area contributed by atoms with Crippen molar-refractivity contribution >= 4 is 17.6 Å². The molecule has 12 heavy (non-hydrogen) atoms. The van der Waals surface area contributed by atoms with Crippen LogP contribution in [0.3, 0.4) is 0 Å². The highest BCUT2D eigenvalue weighted by molar-refractivity contribution is 6.33. The first-order valence-electron chi connectivity index (χ1n) is 3.99. The van der Waals surface area contributed by atoms with Gasteiger partial charge in [-0.15, -0.1) is 11.6 Å². The maximum absolute atomic E-state index is 11.2. The highest BCUT2D eigenvalue weighted by atomic mass is 35.5.